The van der Waals surface area contributed by atoms with Gasteiger partial charge in [-0.1, -0.05) is 25.6 Å². The molecule has 8 nitrogen and oxygen atoms in total. The van der Waals surface area contributed by atoms with E-state index in [0.717, 1.165) is 11.4 Å². The number of thioether (sulfide) groups is 1. The molecule has 0 spiro atoms. The molecule has 1 N–H and O–H groups in total. The van der Waals surface area contributed by atoms with Crippen LogP contribution < -0.4 is 5.32 Å². The number of amides is 1. The molecule has 1 aromatic carbocycles. The van der Waals surface area contributed by atoms with Gasteiger partial charge in [0.05, 0.1) is 10.7 Å². The molecule has 0 fully saturated rings. The normalized spacial score (nSPS) is 11.0. The van der Waals surface area contributed by atoms with Gasteiger partial charge in [-0.2, -0.15) is 0 Å². The fourth-order valence-corrected chi connectivity index (χ4v) is 4.07. The zero-order chi connectivity index (χ0) is 20.3. The number of benzene rings is 1. The minimum atomic E-state index is -0.481. The number of nitrogens with zero attached hydrogens (tertiary/aromatic N) is 4. The topological polar surface area (TPSA) is 103 Å². The maximum absolute atomic E-state index is 12.1. The van der Waals surface area contributed by atoms with Crippen molar-refractivity contribution in [2.45, 2.75) is 24.9 Å². The fourth-order valence-electron chi connectivity index (χ4n) is 2.46. The number of anilines is 1. The Morgan fingerprint density at radius 2 is 2.04 bits per heavy atom. The first-order valence-corrected chi connectivity index (χ1v) is 10.4. The number of thiophene rings is 1. The fraction of sp³-hybridized carbons (Fsp3) is 0.278. The van der Waals surface area contributed by atoms with Crippen molar-refractivity contribution in [3.05, 3.63) is 50.7 Å². The van der Waals surface area contributed by atoms with Crippen LogP contribution >= 0.6 is 23.1 Å². The van der Waals surface area contributed by atoms with Crippen molar-refractivity contribution in [3.8, 4) is 11.4 Å². The lowest BCUT2D eigenvalue weighted by Gasteiger charge is -2.05. The van der Waals surface area contributed by atoms with Crippen LogP contribution in [0.1, 0.15) is 24.6 Å². The quantitative estimate of drug-likeness (QED) is 0.349. The lowest BCUT2D eigenvalue weighted by molar-refractivity contribution is -0.384. The van der Waals surface area contributed by atoms with Crippen LogP contribution in [0.25, 0.3) is 11.4 Å². The van der Waals surface area contributed by atoms with E-state index in [4.69, 9.17) is 0 Å². The second-order valence-electron chi connectivity index (χ2n) is 6.40. The van der Waals surface area contributed by atoms with Crippen LogP contribution in [0.15, 0.2) is 40.9 Å². The summed E-state index contributed by atoms with van der Waals surface area (Å²) < 4.78 is 1.87. The lowest BCUT2D eigenvalue weighted by atomic mass is 10.1. The smallest absolute Gasteiger partial charge is 0.269 e. The van der Waals surface area contributed by atoms with E-state index in [0.29, 0.717) is 16.8 Å². The molecule has 146 valence electrons. The predicted molar refractivity (Wildman–Crippen MR) is 111 cm³/mol. The largest absolute Gasteiger partial charge is 0.325 e. The number of carbonyl (C=O) groups excluding carboxylic acids is 1. The highest BCUT2D eigenvalue weighted by Gasteiger charge is 2.15. The average molecular weight is 418 g/mol. The second-order valence-corrected chi connectivity index (χ2v) is 8.28. The van der Waals surface area contributed by atoms with Crippen molar-refractivity contribution in [1.29, 1.82) is 0 Å². The van der Waals surface area contributed by atoms with Gasteiger partial charge < -0.3 is 9.88 Å². The summed E-state index contributed by atoms with van der Waals surface area (Å²) in [7, 11) is 1.87. The molecule has 0 radical (unpaired) electrons. The van der Waals surface area contributed by atoms with Crippen LogP contribution in [0, 0.1) is 10.1 Å². The van der Waals surface area contributed by atoms with E-state index in [2.05, 4.69) is 40.8 Å². The van der Waals surface area contributed by atoms with Gasteiger partial charge in [-0.3, -0.25) is 14.9 Å². The number of hydrogen-bond acceptors (Lipinski definition) is 7. The molecule has 1 amide bonds. The Hall–Kier alpha value is -2.72. The molecule has 0 aliphatic heterocycles. The molecule has 0 aliphatic carbocycles. The SMILES string of the molecule is CC(C)c1cc(-c2nnc(SCC(=O)Nc3ccc([N+](=O)[O-])cc3)n2C)cs1. The Kier molecular flexibility index (Phi) is 6.10. The summed E-state index contributed by atoms with van der Waals surface area (Å²) in [5, 5.41) is 24.5. The van der Waals surface area contributed by atoms with Crippen LogP contribution in [0.2, 0.25) is 0 Å². The molecule has 0 unspecified atom stereocenters. The van der Waals surface area contributed by atoms with E-state index >= 15 is 0 Å². The summed E-state index contributed by atoms with van der Waals surface area (Å²) >= 11 is 2.98. The molecule has 10 heteroatoms. The molecule has 3 rings (SSSR count). The number of carbonyl (C=O) groups is 1. The first-order chi connectivity index (χ1) is 13.3. The molecule has 0 aliphatic rings. The summed E-state index contributed by atoms with van der Waals surface area (Å²) in [6, 6.07) is 7.83. The Morgan fingerprint density at radius 3 is 2.64 bits per heavy atom. The van der Waals surface area contributed by atoms with Crippen molar-refractivity contribution in [3.63, 3.8) is 0 Å². The van der Waals surface area contributed by atoms with Gasteiger partial charge in [0.25, 0.3) is 5.69 Å². The number of hydrogen-bond donors (Lipinski definition) is 1. The Balaban J connectivity index is 1.60. The molecule has 3 aromatic rings. The average Bonchev–Trinajstić information content (AvgIpc) is 3.27. The second kappa shape index (κ2) is 8.53. The van der Waals surface area contributed by atoms with Crippen molar-refractivity contribution >= 4 is 40.4 Å². The molecule has 2 heterocycles. The number of rotatable bonds is 7. The Bertz CT molecular complexity index is 995. The lowest BCUT2D eigenvalue weighted by Crippen LogP contribution is -2.14. The summed E-state index contributed by atoms with van der Waals surface area (Å²) in [4.78, 5) is 23.6. The monoisotopic (exact) mass is 417 g/mol. The van der Waals surface area contributed by atoms with Crippen LogP contribution in [-0.2, 0) is 11.8 Å². The van der Waals surface area contributed by atoms with E-state index in [1.54, 1.807) is 11.3 Å². The van der Waals surface area contributed by atoms with Crippen LogP contribution in [0.4, 0.5) is 11.4 Å². The third kappa shape index (κ3) is 4.57. The van der Waals surface area contributed by atoms with E-state index in [-0.39, 0.29) is 17.3 Å². The third-order valence-corrected chi connectivity index (χ3v) is 6.23. The third-order valence-electron chi connectivity index (χ3n) is 3.98. The zero-order valence-corrected chi connectivity index (χ0v) is 17.2. The molecular weight excluding hydrogens is 398 g/mol. The zero-order valence-electron chi connectivity index (χ0n) is 15.6. The van der Waals surface area contributed by atoms with Crippen molar-refractivity contribution < 1.29 is 9.72 Å². The first-order valence-electron chi connectivity index (χ1n) is 8.50. The van der Waals surface area contributed by atoms with Gasteiger partial charge in [0.2, 0.25) is 5.91 Å². The number of nitrogens with one attached hydrogen (secondary N) is 1. The molecule has 0 saturated heterocycles. The van der Waals surface area contributed by atoms with E-state index in [1.165, 1.54) is 40.9 Å². The van der Waals surface area contributed by atoms with Gasteiger partial charge in [-0.25, -0.2) is 0 Å². The Labute approximate surface area is 170 Å². The van der Waals surface area contributed by atoms with Gasteiger partial charge >= 0.3 is 0 Å². The number of aromatic nitrogens is 3. The van der Waals surface area contributed by atoms with Crippen LogP contribution in [0.3, 0.4) is 0 Å². The molecule has 28 heavy (non-hydrogen) atoms. The van der Waals surface area contributed by atoms with Crippen molar-refractivity contribution in [2.24, 2.45) is 7.05 Å². The van der Waals surface area contributed by atoms with Crippen molar-refractivity contribution in [2.75, 3.05) is 11.1 Å². The first kappa shape index (κ1) is 20.0. The minimum Gasteiger partial charge on any atom is -0.325 e. The highest BCUT2D eigenvalue weighted by molar-refractivity contribution is 7.99. The van der Waals surface area contributed by atoms with E-state index in [1.807, 2.05) is 11.6 Å². The summed E-state index contributed by atoms with van der Waals surface area (Å²) in [6.45, 7) is 4.30. The number of nitro benzene ring substituents is 1. The molecule has 0 atom stereocenters. The molecule has 0 bridgehead atoms. The van der Waals surface area contributed by atoms with E-state index < -0.39 is 4.92 Å². The highest BCUT2D eigenvalue weighted by Crippen LogP contribution is 2.30. The van der Waals surface area contributed by atoms with Crippen molar-refractivity contribution in [1.82, 2.24) is 14.8 Å². The summed E-state index contributed by atoms with van der Waals surface area (Å²) in [5.41, 5.74) is 1.51. The van der Waals surface area contributed by atoms with Crippen LogP contribution in [0.5, 0.6) is 0 Å². The molecule has 2 aromatic heterocycles. The molecule has 0 saturated carbocycles. The summed E-state index contributed by atoms with van der Waals surface area (Å²) in [5.74, 6) is 1.16. The van der Waals surface area contributed by atoms with Crippen LogP contribution in [-0.4, -0.2) is 31.3 Å². The Morgan fingerprint density at radius 1 is 1.32 bits per heavy atom. The highest BCUT2D eigenvalue weighted by atomic mass is 32.2. The number of non-ortho nitro benzene ring substituents is 1. The van der Waals surface area contributed by atoms with Gasteiger partial charge in [-0.05, 0) is 24.1 Å². The van der Waals surface area contributed by atoms with Gasteiger partial charge in [0, 0.05) is 40.7 Å². The maximum atomic E-state index is 12.1. The molecular formula is C18H19N5O3S2. The maximum Gasteiger partial charge on any atom is 0.269 e. The number of nitro groups is 1. The predicted octanol–water partition coefficient (Wildman–Crippen LogP) is 4.31. The minimum absolute atomic E-state index is 0.0203. The van der Waals surface area contributed by atoms with E-state index in [9.17, 15) is 14.9 Å². The van der Waals surface area contributed by atoms with Gasteiger partial charge in [0.1, 0.15) is 0 Å². The van der Waals surface area contributed by atoms with Gasteiger partial charge in [-0.15, -0.1) is 21.5 Å². The summed E-state index contributed by atoms with van der Waals surface area (Å²) in [6.07, 6.45) is 0. The van der Waals surface area contributed by atoms with Gasteiger partial charge in [0.15, 0.2) is 11.0 Å². The standard InChI is InChI=1S/C18H19N5O3S2/c1-11(2)15-8-12(9-27-15)17-20-21-18(22(17)3)28-10-16(24)19-13-4-6-14(7-5-13)23(25)26/h4-9,11H,10H2,1-3H3,(H,19,24).